The van der Waals surface area contributed by atoms with Gasteiger partial charge in [-0.15, -0.1) is 0 Å². The van der Waals surface area contributed by atoms with Crippen molar-refractivity contribution in [2.24, 2.45) is 5.92 Å². The summed E-state index contributed by atoms with van der Waals surface area (Å²) >= 11 is 0. The Morgan fingerprint density at radius 3 is 2.71 bits per heavy atom. The summed E-state index contributed by atoms with van der Waals surface area (Å²) in [6.45, 7) is 4.17. The normalized spacial score (nSPS) is 17.8. The Balaban J connectivity index is 2.10. The van der Waals surface area contributed by atoms with Crippen LogP contribution in [-0.4, -0.2) is 50.5 Å². The lowest BCUT2D eigenvalue weighted by Gasteiger charge is -2.23. The van der Waals surface area contributed by atoms with Crippen LogP contribution in [0.5, 0.6) is 0 Å². The van der Waals surface area contributed by atoms with Crippen molar-refractivity contribution in [3.8, 4) is 0 Å². The van der Waals surface area contributed by atoms with Gasteiger partial charge in [-0.2, -0.15) is 0 Å². The van der Waals surface area contributed by atoms with Gasteiger partial charge in [0.1, 0.15) is 11.9 Å². The number of hydrogen-bond donors (Lipinski definition) is 3. The van der Waals surface area contributed by atoms with E-state index < -0.39 is 18.1 Å². The van der Waals surface area contributed by atoms with Gasteiger partial charge in [-0.3, -0.25) is 9.59 Å². The lowest BCUT2D eigenvalue weighted by atomic mass is 9.97. The summed E-state index contributed by atoms with van der Waals surface area (Å²) in [4.78, 5) is 36.6. The minimum atomic E-state index is -0.780. The standard InChI is InChI=1S/C21H28BFN3O5/c1-3-30-19(27)9-8-17(13-15-10-11-24-20(15)28)25-21(29)18(26-31-22-2)12-14-4-6-16(23)7-5-14/h4-9,15,17-18,26H,3,10-13H2,1-2H3,(H,24,28)(H,25,29)/b9-8+/t15-,17?,18-/m0/s1. The summed E-state index contributed by atoms with van der Waals surface area (Å²) in [5, 5.41) is 5.63. The SMILES string of the molecule is C[B]ON[C@@H](Cc1ccc(F)cc1)C(=O)NC(/C=C/C(=O)OCC)C[C@@H]1CCNC1=O. The van der Waals surface area contributed by atoms with E-state index in [-0.39, 0.29) is 36.6 Å². The molecule has 1 fully saturated rings. The van der Waals surface area contributed by atoms with Crippen molar-refractivity contribution >= 4 is 25.3 Å². The van der Waals surface area contributed by atoms with Gasteiger partial charge in [-0.25, -0.2) is 14.7 Å². The highest BCUT2D eigenvalue weighted by Crippen LogP contribution is 2.17. The molecule has 3 N–H and O–H groups in total. The van der Waals surface area contributed by atoms with E-state index in [4.69, 9.17) is 9.49 Å². The molecule has 2 rings (SSSR count). The molecule has 0 aliphatic carbocycles. The van der Waals surface area contributed by atoms with Crippen LogP contribution < -0.4 is 16.1 Å². The number of ether oxygens (including phenoxy) is 1. The van der Waals surface area contributed by atoms with Gasteiger partial charge >= 0.3 is 13.5 Å². The smallest absolute Gasteiger partial charge is 0.330 e. The molecule has 10 heteroatoms. The molecular weight excluding hydrogens is 404 g/mol. The van der Waals surface area contributed by atoms with E-state index in [9.17, 15) is 18.8 Å². The van der Waals surface area contributed by atoms with E-state index >= 15 is 0 Å². The maximum Gasteiger partial charge on any atom is 0.330 e. The van der Waals surface area contributed by atoms with Crippen LogP contribution in [0.3, 0.4) is 0 Å². The summed E-state index contributed by atoms with van der Waals surface area (Å²) in [5.41, 5.74) is 3.41. The Morgan fingerprint density at radius 2 is 2.10 bits per heavy atom. The van der Waals surface area contributed by atoms with Crippen molar-refractivity contribution in [1.82, 2.24) is 16.1 Å². The van der Waals surface area contributed by atoms with Crippen LogP contribution in [0.25, 0.3) is 0 Å². The van der Waals surface area contributed by atoms with Crippen LogP contribution in [0.4, 0.5) is 4.39 Å². The van der Waals surface area contributed by atoms with E-state index in [0.29, 0.717) is 19.4 Å². The Kier molecular flexibility index (Phi) is 10.2. The predicted octanol–water partition coefficient (Wildman–Crippen LogP) is 1.06. The number of amides is 2. The van der Waals surface area contributed by atoms with E-state index in [1.807, 2.05) is 0 Å². The zero-order chi connectivity index (χ0) is 22.6. The Hall–Kier alpha value is -2.72. The minimum absolute atomic E-state index is 0.0753. The van der Waals surface area contributed by atoms with E-state index in [1.165, 1.54) is 31.8 Å². The van der Waals surface area contributed by atoms with Crippen molar-refractivity contribution < 1.29 is 28.3 Å². The van der Waals surface area contributed by atoms with Gasteiger partial charge in [-0.05, 0) is 43.9 Å². The second-order valence-electron chi connectivity index (χ2n) is 7.09. The van der Waals surface area contributed by atoms with Gasteiger partial charge < -0.3 is 20.1 Å². The summed E-state index contributed by atoms with van der Waals surface area (Å²) in [5.74, 6) is -1.62. The van der Waals surface area contributed by atoms with Crippen LogP contribution in [0.2, 0.25) is 6.82 Å². The third-order valence-corrected chi connectivity index (χ3v) is 4.78. The number of rotatable bonds is 12. The highest BCUT2D eigenvalue weighted by atomic mass is 19.1. The third-order valence-electron chi connectivity index (χ3n) is 4.78. The second kappa shape index (κ2) is 12.9. The van der Waals surface area contributed by atoms with E-state index in [0.717, 1.165) is 5.56 Å². The minimum Gasteiger partial charge on any atom is -0.463 e. The monoisotopic (exact) mass is 432 g/mol. The van der Waals surface area contributed by atoms with E-state index in [2.05, 4.69) is 16.1 Å². The zero-order valence-electron chi connectivity index (χ0n) is 17.7. The number of halogens is 1. The predicted molar refractivity (Wildman–Crippen MR) is 113 cm³/mol. The van der Waals surface area contributed by atoms with Crippen LogP contribution in [-0.2, 0) is 30.3 Å². The highest BCUT2D eigenvalue weighted by Gasteiger charge is 2.28. The lowest BCUT2D eigenvalue weighted by molar-refractivity contribution is -0.137. The van der Waals surface area contributed by atoms with Gasteiger partial charge in [0, 0.05) is 24.6 Å². The first kappa shape index (κ1) is 24.6. The van der Waals surface area contributed by atoms with Crippen LogP contribution in [0.15, 0.2) is 36.4 Å². The molecule has 0 saturated carbocycles. The molecule has 2 amide bonds. The average molecular weight is 432 g/mol. The topological polar surface area (TPSA) is 106 Å². The summed E-state index contributed by atoms with van der Waals surface area (Å²) in [6, 6.07) is 4.48. The molecule has 31 heavy (non-hydrogen) atoms. The molecule has 1 saturated heterocycles. The maximum atomic E-state index is 13.2. The van der Waals surface area contributed by atoms with Gasteiger partial charge in [0.05, 0.1) is 6.61 Å². The Labute approximate surface area is 182 Å². The molecule has 0 bridgehead atoms. The summed E-state index contributed by atoms with van der Waals surface area (Å²) in [6.07, 6.45) is 4.03. The zero-order valence-corrected chi connectivity index (χ0v) is 17.7. The van der Waals surface area contributed by atoms with Crippen molar-refractivity contribution in [3.05, 3.63) is 47.8 Å². The van der Waals surface area contributed by atoms with Crippen LogP contribution >= 0.6 is 0 Å². The molecular formula is C21H28BFN3O5. The van der Waals surface area contributed by atoms with Crippen LogP contribution in [0, 0.1) is 11.7 Å². The van der Waals surface area contributed by atoms with Crippen LogP contribution in [0.1, 0.15) is 25.3 Å². The molecule has 1 aromatic rings. The first-order valence-corrected chi connectivity index (χ1v) is 10.3. The lowest BCUT2D eigenvalue weighted by Crippen LogP contribution is -2.49. The third kappa shape index (κ3) is 8.51. The number of hydroxylamine groups is 1. The molecule has 1 unspecified atom stereocenters. The second-order valence-corrected chi connectivity index (χ2v) is 7.09. The van der Waals surface area contributed by atoms with Gasteiger partial charge in [0.25, 0.3) is 0 Å². The number of carbonyl (C=O) groups is 3. The fourth-order valence-corrected chi connectivity index (χ4v) is 3.22. The van der Waals surface area contributed by atoms with Crippen molar-refractivity contribution in [3.63, 3.8) is 0 Å². The number of esters is 1. The van der Waals surface area contributed by atoms with Gasteiger partial charge in [0.15, 0.2) is 0 Å². The highest BCUT2D eigenvalue weighted by molar-refractivity contribution is 6.24. The fraction of sp³-hybridized carbons (Fsp3) is 0.476. The van der Waals surface area contributed by atoms with Crippen molar-refractivity contribution in [2.75, 3.05) is 13.2 Å². The molecule has 0 aromatic heterocycles. The molecule has 167 valence electrons. The molecule has 3 atom stereocenters. The fourth-order valence-electron chi connectivity index (χ4n) is 3.22. The molecule has 0 spiro atoms. The number of carbonyl (C=O) groups excluding carboxylic acids is 3. The first-order chi connectivity index (χ1) is 14.9. The Bertz CT molecular complexity index is 775. The van der Waals surface area contributed by atoms with Crippen molar-refractivity contribution in [1.29, 1.82) is 0 Å². The molecule has 1 heterocycles. The first-order valence-electron chi connectivity index (χ1n) is 10.3. The summed E-state index contributed by atoms with van der Waals surface area (Å²) in [7, 11) is 1.39. The summed E-state index contributed by atoms with van der Waals surface area (Å²) < 4.78 is 23.2. The van der Waals surface area contributed by atoms with Crippen molar-refractivity contribution in [2.45, 2.75) is 45.1 Å². The number of nitrogens with one attached hydrogen (secondary N) is 3. The average Bonchev–Trinajstić information content (AvgIpc) is 3.15. The number of hydrogen-bond acceptors (Lipinski definition) is 6. The molecule has 1 radical (unpaired) electrons. The molecule has 1 aliphatic heterocycles. The number of benzene rings is 1. The largest absolute Gasteiger partial charge is 0.463 e. The Morgan fingerprint density at radius 1 is 1.35 bits per heavy atom. The molecule has 1 aliphatic rings. The molecule has 8 nitrogen and oxygen atoms in total. The van der Waals surface area contributed by atoms with E-state index in [1.54, 1.807) is 25.9 Å². The maximum absolute atomic E-state index is 13.2. The molecule has 1 aromatic carbocycles. The van der Waals surface area contributed by atoms with Gasteiger partial charge in [0.2, 0.25) is 11.8 Å². The quantitative estimate of drug-likeness (QED) is 0.197. The van der Waals surface area contributed by atoms with Gasteiger partial charge in [-0.1, -0.05) is 25.0 Å².